The van der Waals surface area contributed by atoms with Crippen LogP contribution in [0.5, 0.6) is 0 Å². The maximum absolute atomic E-state index is 5.10. The Labute approximate surface area is 63.2 Å². The van der Waals surface area contributed by atoms with Gasteiger partial charge in [0.1, 0.15) is 0 Å². The third-order valence-corrected chi connectivity index (χ3v) is 1.90. The second-order valence-corrected chi connectivity index (χ2v) is 3.52. The molecule has 0 aromatic rings. The highest BCUT2D eigenvalue weighted by Gasteiger charge is 2.22. The molecule has 1 rings (SSSR count). The lowest BCUT2D eigenvalue weighted by atomic mass is 10.1. The topological polar surface area (TPSA) is 12.5 Å². The lowest BCUT2D eigenvalue weighted by Gasteiger charge is -2.35. The average Bonchev–Trinajstić information content (AvgIpc) is 1.55. The number of hydrogen-bond donors (Lipinski definition) is 0. The van der Waals surface area contributed by atoms with E-state index in [1.54, 1.807) is 0 Å². The molecule has 0 radical (unpaired) electrons. The van der Waals surface area contributed by atoms with Crippen molar-refractivity contribution in [2.75, 3.05) is 26.8 Å². The summed E-state index contributed by atoms with van der Waals surface area (Å²) in [6.45, 7) is 7.55. The first-order valence-electron chi connectivity index (χ1n) is 3.98. The van der Waals surface area contributed by atoms with Crippen LogP contribution in [0, 0.1) is 5.92 Å². The van der Waals surface area contributed by atoms with E-state index in [1.165, 1.54) is 6.54 Å². The number of ether oxygens (including phenoxy) is 1. The zero-order valence-electron chi connectivity index (χ0n) is 7.13. The molecule has 1 aliphatic heterocycles. The Morgan fingerprint density at radius 1 is 1.50 bits per heavy atom. The fraction of sp³-hybridized carbons (Fsp3) is 1.00. The van der Waals surface area contributed by atoms with Gasteiger partial charge in [0.25, 0.3) is 0 Å². The van der Waals surface area contributed by atoms with E-state index in [4.69, 9.17) is 4.74 Å². The van der Waals surface area contributed by atoms with Gasteiger partial charge in [-0.1, -0.05) is 13.8 Å². The number of hydrogen-bond acceptors (Lipinski definition) is 2. The molecule has 0 spiro atoms. The fourth-order valence-electron chi connectivity index (χ4n) is 1.20. The van der Waals surface area contributed by atoms with Crippen LogP contribution >= 0.6 is 0 Å². The maximum atomic E-state index is 5.10. The lowest BCUT2D eigenvalue weighted by molar-refractivity contribution is -0.0586. The van der Waals surface area contributed by atoms with Crippen LogP contribution in [-0.2, 0) is 4.74 Å². The van der Waals surface area contributed by atoms with E-state index in [0.717, 1.165) is 19.1 Å². The van der Waals surface area contributed by atoms with Crippen LogP contribution in [0.1, 0.15) is 13.8 Å². The predicted octanol–water partition coefficient (Wildman–Crippen LogP) is 0.973. The molecular formula is C8H17NO. The first-order valence-corrected chi connectivity index (χ1v) is 3.98. The van der Waals surface area contributed by atoms with Crippen molar-refractivity contribution in [1.82, 2.24) is 4.90 Å². The first kappa shape index (κ1) is 8.02. The van der Waals surface area contributed by atoms with Gasteiger partial charge in [0, 0.05) is 6.54 Å². The van der Waals surface area contributed by atoms with Gasteiger partial charge >= 0.3 is 0 Å². The van der Waals surface area contributed by atoms with Gasteiger partial charge in [0.05, 0.1) is 19.3 Å². The van der Waals surface area contributed by atoms with E-state index in [2.05, 4.69) is 25.8 Å². The van der Waals surface area contributed by atoms with E-state index in [9.17, 15) is 0 Å². The highest BCUT2D eigenvalue weighted by molar-refractivity contribution is 4.74. The van der Waals surface area contributed by atoms with E-state index >= 15 is 0 Å². The summed E-state index contributed by atoms with van der Waals surface area (Å²) in [5, 5.41) is 0. The Kier molecular flexibility index (Phi) is 2.69. The molecule has 0 unspecified atom stereocenters. The fourth-order valence-corrected chi connectivity index (χ4v) is 1.20. The Morgan fingerprint density at radius 3 is 2.40 bits per heavy atom. The summed E-state index contributed by atoms with van der Waals surface area (Å²) in [6.07, 6.45) is 0. The Balaban J connectivity index is 2.13. The van der Waals surface area contributed by atoms with Crippen molar-refractivity contribution < 1.29 is 4.74 Å². The third kappa shape index (κ3) is 1.96. The minimum Gasteiger partial charge on any atom is -0.378 e. The predicted molar refractivity (Wildman–Crippen MR) is 42.1 cm³/mol. The van der Waals surface area contributed by atoms with Crippen molar-refractivity contribution in [3.63, 3.8) is 0 Å². The summed E-state index contributed by atoms with van der Waals surface area (Å²) in [6, 6.07) is 0.697. The molecular weight excluding hydrogens is 126 g/mol. The summed E-state index contributed by atoms with van der Waals surface area (Å²) in [5.74, 6) is 0.769. The molecule has 0 atom stereocenters. The lowest BCUT2D eigenvalue weighted by Crippen LogP contribution is -2.48. The van der Waals surface area contributed by atoms with Crippen molar-refractivity contribution in [3.05, 3.63) is 0 Å². The molecule has 0 aliphatic carbocycles. The Bertz CT molecular complexity index is 99.4. The molecule has 0 amide bonds. The smallest absolute Gasteiger partial charge is 0.0645 e. The van der Waals surface area contributed by atoms with Gasteiger partial charge in [-0.3, -0.25) is 4.90 Å². The molecule has 0 bridgehead atoms. The standard InChI is InChI=1S/C8H17NO/c1-7(2)4-9(3)8-5-10-6-8/h7-8H,4-6H2,1-3H3. The monoisotopic (exact) mass is 143 g/mol. The zero-order valence-corrected chi connectivity index (χ0v) is 7.13. The van der Waals surface area contributed by atoms with Gasteiger partial charge in [-0.15, -0.1) is 0 Å². The first-order chi connectivity index (χ1) is 4.70. The Morgan fingerprint density at radius 2 is 2.10 bits per heavy atom. The van der Waals surface area contributed by atoms with Gasteiger partial charge < -0.3 is 4.74 Å². The van der Waals surface area contributed by atoms with E-state index in [0.29, 0.717) is 6.04 Å². The van der Waals surface area contributed by atoms with Crippen LogP contribution in [0.15, 0.2) is 0 Å². The second kappa shape index (κ2) is 3.35. The minimum atomic E-state index is 0.697. The Hall–Kier alpha value is -0.0800. The van der Waals surface area contributed by atoms with Gasteiger partial charge in [-0.2, -0.15) is 0 Å². The molecule has 1 aliphatic rings. The van der Waals surface area contributed by atoms with Crippen molar-refractivity contribution in [2.24, 2.45) is 5.92 Å². The highest BCUT2D eigenvalue weighted by Crippen LogP contribution is 2.09. The number of likely N-dealkylation sites (N-methyl/N-ethyl adjacent to an activating group) is 1. The van der Waals surface area contributed by atoms with Crippen LogP contribution in [-0.4, -0.2) is 37.7 Å². The SMILES string of the molecule is CC(C)CN(C)C1COC1. The molecule has 0 aromatic heterocycles. The van der Waals surface area contributed by atoms with Gasteiger partial charge in [-0.25, -0.2) is 0 Å². The van der Waals surface area contributed by atoms with Crippen molar-refractivity contribution in [3.8, 4) is 0 Å². The maximum Gasteiger partial charge on any atom is 0.0645 e. The van der Waals surface area contributed by atoms with Gasteiger partial charge in [0.2, 0.25) is 0 Å². The molecule has 1 heterocycles. The van der Waals surface area contributed by atoms with Crippen LogP contribution in [0.4, 0.5) is 0 Å². The summed E-state index contributed by atoms with van der Waals surface area (Å²) in [5.41, 5.74) is 0. The molecule has 0 aromatic carbocycles. The molecule has 2 nitrogen and oxygen atoms in total. The van der Waals surface area contributed by atoms with Crippen LogP contribution in [0.2, 0.25) is 0 Å². The van der Waals surface area contributed by atoms with Gasteiger partial charge in [0.15, 0.2) is 0 Å². The van der Waals surface area contributed by atoms with E-state index in [1.807, 2.05) is 0 Å². The summed E-state index contributed by atoms with van der Waals surface area (Å²) >= 11 is 0. The molecule has 2 heteroatoms. The van der Waals surface area contributed by atoms with Crippen LogP contribution < -0.4 is 0 Å². The normalized spacial score (nSPS) is 20.1. The van der Waals surface area contributed by atoms with E-state index < -0.39 is 0 Å². The summed E-state index contributed by atoms with van der Waals surface area (Å²) < 4.78 is 5.10. The quantitative estimate of drug-likeness (QED) is 0.584. The van der Waals surface area contributed by atoms with E-state index in [-0.39, 0.29) is 0 Å². The van der Waals surface area contributed by atoms with Crippen LogP contribution in [0.3, 0.4) is 0 Å². The molecule has 10 heavy (non-hydrogen) atoms. The summed E-state index contributed by atoms with van der Waals surface area (Å²) in [4.78, 5) is 2.38. The van der Waals surface area contributed by atoms with Crippen LogP contribution in [0.25, 0.3) is 0 Å². The summed E-state index contributed by atoms with van der Waals surface area (Å²) in [7, 11) is 2.17. The second-order valence-electron chi connectivity index (χ2n) is 3.52. The molecule has 1 saturated heterocycles. The van der Waals surface area contributed by atoms with Crippen molar-refractivity contribution in [1.29, 1.82) is 0 Å². The minimum absolute atomic E-state index is 0.697. The van der Waals surface area contributed by atoms with Crippen molar-refractivity contribution >= 4 is 0 Å². The highest BCUT2D eigenvalue weighted by atomic mass is 16.5. The van der Waals surface area contributed by atoms with Gasteiger partial charge in [-0.05, 0) is 13.0 Å². The van der Waals surface area contributed by atoms with Crippen molar-refractivity contribution in [2.45, 2.75) is 19.9 Å². The number of rotatable bonds is 3. The molecule has 1 fully saturated rings. The zero-order chi connectivity index (χ0) is 7.56. The third-order valence-electron chi connectivity index (χ3n) is 1.90. The molecule has 0 saturated carbocycles. The molecule has 0 N–H and O–H groups in total. The largest absolute Gasteiger partial charge is 0.378 e. The number of nitrogens with zero attached hydrogens (tertiary/aromatic N) is 1. The molecule has 60 valence electrons. The average molecular weight is 143 g/mol.